The van der Waals surface area contributed by atoms with Crippen LogP contribution in [0, 0.1) is 0 Å². The number of thiazole rings is 1. The normalized spacial score (nSPS) is 17.9. The number of hydrogen-bond acceptors (Lipinski definition) is 8. The molecule has 1 aromatic heterocycles. The van der Waals surface area contributed by atoms with Crippen LogP contribution in [0.4, 0.5) is 5.13 Å². The van der Waals surface area contributed by atoms with E-state index in [-0.39, 0.29) is 16.8 Å². The Morgan fingerprint density at radius 1 is 1.02 bits per heavy atom. The summed E-state index contributed by atoms with van der Waals surface area (Å²) in [4.78, 5) is 22.9. The zero-order chi connectivity index (χ0) is 28.3. The standard InChI is InChI=1S/C29H38N4O5S2/c1-4-22-9-7-8-14-33(22)40(35,36)23-12-10-21(11-13-23)28(34)32(16-15-31(5-2)6-3)29-30-24-19-25-26(20-27(24)39-29)38-18-17-37-25/h10-13,19-20,22H,4-9,14-18H2,1-3H3. The fraction of sp³-hybridized carbons (Fsp3) is 0.517. The highest BCUT2D eigenvalue weighted by atomic mass is 32.2. The quantitative estimate of drug-likeness (QED) is 0.330. The van der Waals surface area contributed by atoms with E-state index in [1.54, 1.807) is 33.5 Å². The molecule has 2 aliphatic heterocycles. The third-order valence-electron chi connectivity index (χ3n) is 7.80. The van der Waals surface area contributed by atoms with Crippen LogP contribution in [0.15, 0.2) is 41.3 Å². The number of sulfonamides is 1. The van der Waals surface area contributed by atoms with Crippen LogP contribution in [0.1, 0.15) is 56.8 Å². The molecule has 0 spiro atoms. The molecule has 1 unspecified atom stereocenters. The summed E-state index contributed by atoms with van der Waals surface area (Å²) in [5.41, 5.74) is 1.17. The number of ether oxygens (including phenoxy) is 2. The average molecular weight is 587 g/mol. The first kappa shape index (κ1) is 28.8. The molecule has 0 aliphatic carbocycles. The molecule has 0 saturated carbocycles. The van der Waals surface area contributed by atoms with Crippen molar-refractivity contribution < 1.29 is 22.7 Å². The molecule has 40 heavy (non-hydrogen) atoms. The minimum Gasteiger partial charge on any atom is -0.486 e. The highest BCUT2D eigenvalue weighted by Gasteiger charge is 2.33. The van der Waals surface area contributed by atoms with Crippen molar-refractivity contribution in [3.05, 3.63) is 42.0 Å². The molecule has 9 nitrogen and oxygen atoms in total. The van der Waals surface area contributed by atoms with E-state index in [1.165, 1.54) is 11.3 Å². The molecule has 3 aromatic rings. The topological polar surface area (TPSA) is 92.3 Å². The van der Waals surface area contributed by atoms with Crippen LogP contribution in [0.3, 0.4) is 0 Å². The van der Waals surface area contributed by atoms with Crippen LogP contribution >= 0.6 is 11.3 Å². The lowest BCUT2D eigenvalue weighted by Crippen LogP contribution is -2.43. The third kappa shape index (κ3) is 5.83. The van der Waals surface area contributed by atoms with Gasteiger partial charge in [0.15, 0.2) is 16.6 Å². The maximum absolute atomic E-state index is 13.9. The van der Waals surface area contributed by atoms with E-state index in [0.717, 1.165) is 49.0 Å². The van der Waals surface area contributed by atoms with E-state index >= 15 is 0 Å². The molecule has 3 heterocycles. The number of carbonyl (C=O) groups is 1. The fourth-order valence-electron chi connectivity index (χ4n) is 5.39. The molecule has 216 valence electrons. The van der Waals surface area contributed by atoms with Gasteiger partial charge in [-0.3, -0.25) is 9.69 Å². The number of carbonyl (C=O) groups excluding carboxylic acids is 1. The van der Waals surface area contributed by atoms with Gasteiger partial charge >= 0.3 is 0 Å². The largest absolute Gasteiger partial charge is 0.486 e. The summed E-state index contributed by atoms with van der Waals surface area (Å²) in [7, 11) is -3.62. The van der Waals surface area contributed by atoms with Crippen LogP contribution in [-0.4, -0.2) is 80.5 Å². The number of nitrogens with zero attached hydrogens (tertiary/aromatic N) is 4. The second-order valence-corrected chi connectivity index (χ2v) is 13.0. The summed E-state index contributed by atoms with van der Waals surface area (Å²) >= 11 is 1.43. The summed E-state index contributed by atoms with van der Waals surface area (Å²) in [5.74, 6) is 1.13. The van der Waals surface area contributed by atoms with E-state index in [1.807, 2.05) is 19.1 Å². The van der Waals surface area contributed by atoms with E-state index in [4.69, 9.17) is 14.5 Å². The Bertz CT molecular complexity index is 1390. The van der Waals surface area contributed by atoms with Crippen molar-refractivity contribution in [2.24, 2.45) is 0 Å². The van der Waals surface area contributed by atoms with Crippen LogP contribution in [0.25, 0.3) is 10.2 Å². The number of rotatable bonds is 10. The molecule has 5 rings (SSSR count). The van der Waals surface area contributed by atoms with E-state index in [9.17, 15) is 13.2 Å². The lowest BCUT2D eigenvalue weighted by atomic mass is 10.0. The van der Waals surface area contributed by atoms with Crippen molar-refractivity contribution in [1.82, 2.24) is 14.2 Å². The smallest absolute Gasteiger partial charge is 0.260 e. The van der Waals surface area contributed by atoms with Crippen LogP contribution < -0.4 is 14.4 Å². The first-order valence-electron chi connectivity index (χ1n) is 14.2. The van der Waals surface area contributed by atoms with Crippen LogP contribution in [0.5, 0.6) is 11.5 Å². The Morgan fingerprint density at radius 3 is 2.40 bits per heavy atom. The minimum atomic E-state index is -3.62. The zero-order valence-electron chi connectivity index (χ0n) is 23.5. The Hall–Kier alpha value is -2.73. The molecule has 0 bridgehead atoms. The number of fused-ring (bicyclic) bond motifs is 2. The van der Waals surface area contributed by atoms with Crippen LogP contribution in [0.2, 0.25) is 0 Å². The number of likely N-dealkylation sites (N-methyl/N-ethyl adjacent to an activating group) is 1. The number of amides is 1. The second kappa shape index (κ2) is 12.4. The van der Waals surface area contributed by atoms with Crippen molar-refractivity contribution >= 4 is 42.6 Å². The molecule has 1 saturated heterocycles. The average Bonchev–Trinajstić information content (AvgIpc) is 3.40. The monoisotopic (exact) mass is 586 g/mol. The summed E-state index contributed by atoms with van der Waals surface area (Å²) in [6, 6.07) is 10.2. The molecular weight excluding hydrogens is 548 g/mol. The first-order chi connectivity index (χ1) is 19.3. The van der Waals surface area contributed by atoms with Gasteiger partial charge in [0.05, 0.1) is 15.1 Å². The molecule has 11 heteroatoms. The SMILES string of the molecule is CCC1CCCCN1S(=O)(=O)c1ccc(C(=O)N(CCN(CC)CC)c2nc3cc4c(cc3s2)OCCO4)cc1. The van der Waals surface area contributed by atoms with Crippen molar-refractivity contribution in [2.45, 2.75) is 57.4 Å². The Balaban J connectivity index is 1.43. The van der Waals surface area contributed by atoms with Gasteiger partial charge in [0.1, 0.15) is 13.2 Å². The molecule has 1 fully saturated rings. The zero-order valence-corrected chi connectivity index (χ0v) is 25.1. The number of hydrogen-bond donors (Lipinski definition) is 0. The molecule has 0 radical (unpaired) electrons. The number of aromatic nitrogens is 1. The molecule has 0 N–H and O–H groups in total. The summed E-state index contributed by atoms with van der Waals surface area (Å²) in [5, 5.41) is 0.588. The highest BCUT2D eigenvalue weighted by molar-refractivity contribution is 7.89. The van der Waals surface area contributed by atoms with Gasteiger partial charge < -0.3 is 14.4 Å². The van der Waals surface area contributed by atoms with Gasteiger partial charge in [-0.25, -0.2) is 13.4 Å². The third-order valence-corrected chi connectivity index (χ3v) is 10.8. The van der Waals surface area contributed by atoms with E-state index in [0.29, 0.717) is 55.0 Å². The van der Waals surface area contributed by atoms with Crippen molar-refractivity contribution in [2.75, 3.05) is 50.8 Å². The van der Waals surface area contributed by atoms with Crippen molar-refractivity contribution in [3.63, 3.8) is 0 Å². The molecule has 2 aliphatic rings. The Labute approximate surface area is 240 Å². The maximum Gasteiger partial charge on any atom is 0.260 e. The van der Waals surface area contributed by atoms with E-state index < -0.39 is 10.0 Å². The van der Waals surface area contributed by atoms with Gasteiger partial charge in [-0.15, -0.1) is 0 Å². The van der Waals surface area contributed by atoms with Gasteiger partial charge in [-0.1, -0.05) is 38.5 Å². The number of piperidine rings is 1. The second-order valence-electron chi connectivity index (χ2n) is 10.1. The van der Waals surface area contributed by atoms with Gasteiger partial charge in [-0.2, -0.15) is 4.31 Å². The summed E-state index contributed by atoms with van der Waals surface area (Å²) in [6.07, 6.45) is 3.60. The predicted molar refractivity (Wildman–Crippen MR) is 158 cm³/mol. The predicted octanol–water partition coefficient (Wildman–Crippen LogP) is 5.01. The van der Waals surface area contributed by atoms with Crippen molar-refractivity contribution in [3.8, 4) is 11.5 Å². The molecular formula is C29H38N4O5S2. The van der Waals surface area contributed by atoms with Gasteiger partial charge in [0.25, 0.3) is 5.91 Å². The lowest BCUT2D eigenvalue weighted by Gasteiger charge is -2.34. The minimum absolute atomic E-state index is 0.0242. The van der Waals surface area contributed by atoms with Gasteiger partial charge in [0, 0.05) is 43.4 Å². The Kier molecular flexibility index (Phi) is 8.94. The fourth-order valence-corrected chi connectivity index (χ4v) is 8.16. The highest BCUT2D eigenvalue weighted by Crippen LogP contribution is 2.39. The number of benzene rings is 2. The lowest BCUT2D eigenvalue weighted by molar-refractivity contribution is 0.0983. The van der Waals surface area contributed by atoms with Gasteiger partial charge in [-0.05, 0) is 56.6 Å². The molecule has 1 amide bonds. The molecule has 1 atom stereocenters. The molecule has 2 aromatic carbocycles. The van der Waals surface area contributed by atoms with Gasteiger partial charge in [0.2, 0.25) is 10.0 Å². The first-order valence-corrected chi connectivity index (χ1v) is 16.5. The van der Waals surface area contributed by atoms with Crippen molar-refractivity contribution in [1.29, 1.82) is 0 Å². The number of anilines is 1. The summed E-state index contributed by atoms with van der Waals surface area (Å²) < 4.78 is 40.9. The van der Waals surface area contributed by atoms with E-state index in [2.05, 4.69) is 18.7 Å². The van der Waals surface area contributed by atoms with Crippen LogP contribution in [-0.2, 0) is 10.0 Å². The Morgan fingerprint density at radius 2 is 1.73 bits per heavy atom. The maximum atomic E-state index is 13.9. The summed E-state index contributed by atoms with van der Waals surface area (Å²) in [6.45, 7) is 10.7.